The van der Waals surface area contributed by atoms with Crippen molar-refractivity contribution in [2.75, 3.05) is 18.6 Å². The van der Waals surface area contributed by atoms with Crippen LogP contribution in [0.25, 0.3) is 11.0 Å². The molecular formula is C24H25NO6S. The summed E-state index contributed by atoms with van der Waals surface area (Å²) in [4.78, 5) is 27.7. The van der Waals surface area contributed by atoms with Crippen LogP contribution in [0.15, 0.2) is 57.7 Å². The molecule has 0 unspecified atom stereocenters. The van der Waals surface area contributed by atoms with Crippen LogP contribution in [0.2, 0.25) is 0 Å². The second-order valence-electron chi connectivity index (χ2n) is 8.00. The van der Waals surface area contributed by atoms with Crippen LogP contribution in [-0.2, 0) is 22.8 Å². The average Bonchev–Trinajstić information content (AvgIpc) is 3.16. The molecule has 1 aliphatic heterocycles. The van der Waals surface area contributed by atoms with Gasteiger partial charge in [0, 0.05) is 18.7 Å². The minimum atomic E-state index is -3.22. The molecule has 4 rings (SSSR count). The molecule has 0 spiro atoms. The van der Waals surface area contributed by atoms with E-state index < -0.39 is 21.8 Å². The molecule has 1 saturated heterocycles. The molecule has 0 aliphatic carbocycles. The van der Waals surface area contributed by atoms with Gasteiger partial charge in [-0.05, 0) is 48.2 Å². The highest BCUT2D eigenvalue weighted by molar-refractivity contribution is 7.91. The van der Waals surface area contributed by atoms with E-state index in [9.17, 15) is 18.0 Å². The van der Waals surface area contributed by atoms with Gasteiger partial charge in [-0.2, -0.15) is 0 Å². The molecule has 2 aromatic carbocycles. The Morgan fingerprint density at radius 1 is 1.12 bits per heavy atom. The van der Waals surface area contributed by atoms with E-state index in [1.54, 1.807) is 31.4 Å². The van der Waals surface area contributed by atoms with Crippen molar-refractivity contribution < 1.29 is 22.4 Å². The highest BCUT2D eigenvalue weighted by atomic mass is 32.2. The maximum absolute atomic E-state index is 13.5. The van der Waals surface area contributed by atoms with Gasteiger partial charge in [-0.1, -0.05) is 25.1 Å². The highest BCUT2D eigenvalue weighted by Crippen LogP contribution is 2.24. The largest absolute Gasteiger partial charge is 0.497 e. The number of hydrogen-bond donors (Lipinski definition) is 0. The molecule has 168 valence electrons. The number of aryl methyl sites for hydroxylation is 1. The van der Waals surface area contributed by atoms with E-state index in [1.165, 1.54) is 11.0 Å². The number of amides is 1. The summed E-state index contributed by atoms with van der Waals surface area (Å²) in [5.41, 5.74) is 1.86. The van der Waals surface area contributed by atoms with Crippen molar-refractivity contribution in [3.63, 3.8) is 0 Å². The van der Waals surface area contributed by atoms with Crippen molar-refractivity contribution in [2.24, 2.45) is 0 Å². The highest BCUT2D eigenvalue weighted by Gasteiger charge is 2.36. The molecule has 0 bridgehead atoms. The van der Waals surface area contributed by atoms with Crippen LogP contribution in [0, 0.1) is 0 Å². The van der Waals surface area contributed by atoms with Gasteiger partial charge in [0.25, 0.3) is 5.91 Å². The van der Waals surface area contributed by atoms with Gasteiger partial charge >= 0.3 is 0 Å². The lowest BCUT2D eigenvalue weighted by molar-refractivity contribution is 0.0648. The zero-order valence-corrected chi connectivity index (χ0v) is 18.9. The van der Waals surface area contributed by atoms with E-state index in [4.69, 9.17) is 9.15 Å². The zero-order valence-electron chi connectivity index (χ0n) is 18.0. The number of nitrogens with zero attached hydrogens (tertiary/aromatic N) is 1. The van der Waals surface area contributed by atoms with Crippen LogP contribution in [0.4, 0.5) is 0 Å². The third-order valence-corrected chi connectivity index (χ3v) is 7.58. The minimum absolute atomic E-state index is 0.0333. The fourth-order valence-corrected chi connectivity index (χ4v) is 5.72. The number of carbonyl (C=O) groups excluding carboxylic acids is 1. The Hall–Kier alpha value is -3.13. The lowest BCUT2D eigenvalue weighted by Gasteiger charge is -2.28. The monoisotopic (exact) mass is 455 g/mol. The van der Waals surface area contributed by atoms with Crippen molar-refractivity contribution >= 4 is 26.7 Å². The van der Waals surface area contributed by atoms with Gasteiger partial charge in [0.15, 0.2) is 21.0 Å². The van der Waals surface area contributed by atoms with Gasteiger partial charge in [0.2, 0.25) is 0 Å². The summed E-state index contributed by atoms with van der Waals surface area (Å²) in [5.74, 6) is 0.0195. The number of ether oxygens (including phenoxy) is 1. The number of rotatable bonds is 6. The maximum atomic E-state index is 13.5. The lowest BCUT2D eigenvalue weighted by atomic mass is 10.1. The molecule has 2 heterocycles. The smallest absolute Gasteiger partial charge is 0.290 e. The number of methoxy groups -OCH3 is 1. The molecule has 1 amide bonds. The third-order valence-electron chi connectivity index (χ3n) is 5.83. The Labute approximate surface area is 186 Å². The molecule has 32 heavy (non-hydrogen) atoms. The Balaban J connectivity index is 1.71. The lowest BCUT2D eigenvalue weighted by Crippen LogP contribution is -2.40. The summed E-state index contributed by atoms with van der Waals surface area (Å²) in [5, 5.41) is 0.422. The molecule has 1 aliphatic rings. The van der Waals surface area contributed by atoms with Gasteiger partial charge in [0.05, 0.1) is 24.0 Å². The van der Waals surface area contributed by atoms with E-state index in [0.717, 1.165) is 17.5 Å². The molecule has 0 saturated carbocycles. The van der Waals surface area contributed by atoms with Gasteiger partial charge in [-0.25, -0.2) is 8.42 Å². The molecule has 0 radical (unpaired) electrons. The Kier molecular flexibility index (Phi) is 6.06. The quantitative estimate of drug-likeness (QED) is 0.567. The van der Waals surface area contributed by atoms with Gasteiger partial charge in [-0.3, -0.25) is 9.59 Å². The van der Waals surface area contributed by atoms with Crippen LogP contribution in [0.1, 0.15) is 35.0 Å². The van der Waals surface area contributed by atoms with Crippen LogP contribution in [0.3, 0.4) is 0 Å². The fourth-order valence-electron chi connectivity index (χ4n) is 3.99. The van der Waals surface area contributed by atoms with Crippen molar-refractivity contribution in [3.8, 4) is 5.75 Å². The summed E-state index contributed by atoms with van der Waals surface area (Å²) in [6.45, 7) is 2.19. The van der Waals surface area contributed by atoms with E-state index >= 15 is 0 Å². The predicted octanol–water partition coefficient (Wildman–Crippen LogP) is 3.19. The van der Waals surface area contributed by atoms with Crippen LogP contribution < -0.4 is 10.2 Å². The van der Waals surface area contributed by atoms with E-state index in [1.807, 2.05) is 25.1 Å². The Bertz CT molecular complexity index is 1310. The third kappa shape index (κ3) is 4.55. The summed E-state index contributed by atoms with van der Waals surface area (Å²) >= 11 is 0. The first-order chi connectivity index (χ1) is 15.3. The molecule has 0 N–H and O–H groups in total. The molecule has 1 aromatic heterocycles. The Morgan fingerprint density at radius 3 is 2.47 bits per heavy atom. The van der Waals surface area contributed by atoms with Crippen LogP contribution in [-0.4, -0.2) is 43.9 Å². The first-order valence-corrected chi connectivity index (χ1v) is 12.3. The van der Waals surface area contributed by atoms with Gasteiger partial charge < -0.3 is 14.1 Å². The second-order valence-corrected chi connectivity index (χ2v) is 10.2. The first kappa shape index (κ1) is 22.1. The van der Waals surface area contributed by atoms with Gasteiger partial charge in [0.1, 0.15) is 11.3 Å². The second kappa shape index (κ2) is 8.78. The zero-order chi connectivity index (χ0) is 22.9. The fraction of sp³-hybridized carbons (Fsp3) is 0.333. The van der Waals surface area contributed by atoms with Gasteiger partial charge in [-0.15, -0.1) is 0 Å². The standard InChI is InChI=1S/C24H25NO6S/c1-3-16-6-9-22-20(12-16)21(26)13-23(31-22)24(27)25(18-10-11-32(28,29)15-18)14-17-4-7-19(30-2)8-5-17/h4-9,12-13,18H,3,10-11,14-15H2,1-2H3/t18-/m0/s1. The molecule has 7 nitrogen and oxygen atoms in total. The van der Waals surface area contributed by atoms with Crippen molar-refractivity contribution in [1.29, 1.82) is 0 Å². The molecule has 8 heteroatoms. The normalized spacial score (nSPS) is 17.4. The Morgan fingerprint density at radius 2 is 1.84 bits per heavy atom. The number of benzene rings is 2. The minimum Gasteiger partial charge on any atom is -0.497 e. The van der Waals surface area contributed by atoms with E-state index in [0.29, 0.717) is 23.1 Å². The topological polar surface area (TPSA) is 93.9 Å². The van der Waals surface area contributed by atoms with Crippen molar-refractivity contribution in [3.05, 3.63) is 75.6 Å². The van der Waals surface area contributed by atoms with Crippen LogP contribution >= 0.6 is 0 Å². The summed E-state index contributed by atoms with van der Waals surface area (Å²) in [6.07, 6.45) is 1.13. The number of carbonyl (C=O) groups is 1. The molecule has 3 aromatic rings. The molecular weight excluding hydrogens is 430 g/mol. The predicted molar refractivity (Wildman–Crippen MR) is 122 cm³/mol. The number of hydrogen-bond acceptors (Lipinski definition) is 6. The first-order valence-electron chi connectivity index (χ1n) is 10.5. The molecule has 1 atom stereocenters. The van der Waals surface area contributed by atoms with E-state index in [2.05, 4.69) is 0 Å². The maximum Gasteiger partial charge on any atom is 0.290 e. The van der Waals surface area contributed by atoms with E-state index in [-0.39, 0.29) is 29.2 Å². The SMILES string of the molecule is CCc1ccc2oc(C(=O)N(Cc3ccc(OC)cc3)[C@H]3CCS(=O)(=O)C3)cc(=O)c2c1. The number of fused-ring (bicyclic) bond motifs is 1. The van der Waals surface area contributed by atoms with Crippen molar-refractivity contribution in [1.82, 2.24) is 4.90 Å². The summed E-state index contributed by atoms with van der Waals surface area (Å²) in [6, 6.07) is 13.3. The average molecular weight is 456 g/mol. The number of sulfone groups is 1. The summed E-state index contributed by atoms with van der Waals surface area (Å²) in [7, 11) is -1.65. The van der Waals surface area contributed by atoms with Crippen molar-refractivity contribution in [2.45, 2.75) is 32.4 Å². The van der Waals surface area contributed by atoms with Crippen LogP contribution in [0.5, 0.6) is 5.75 Å². The summed E-state index contributed by atoms with van der Waals surface area (Å²) < 4.78 is 35.2. The molecule has 1 fully saturated rings.